The molecule has 0 aliphatic heterocycles. The summed E-state index contributed by atoms with van der Waals surface area (Å²) >= 11 is 0. The Balaban J connectivity index is 2.75. The normalized spacial score (nSPS) is 10.9. The Labute approximate surface area is 76.4 Å². The number of hydrogen-bond donors (Lipinski definition) is 1. The lowest BCUT2D eigenvalue weighted by Crippen LogP contribution is -2.01. The third-order valence-corrected chi connectivity index (χ3v) is 2.00. The van der Waals surface area contributed by atoms with Gasteiger partial charge in [-0.05, 0) is 13.3 Å². The highest BCUT2D eigenvalue weighted by atomic mass is 15.3. The van der Waals surface area contributed by atoms with Crippen molar-refractivity contribution >= 4 is 11.5 Å². The SMILES string of the molecule is CCc1cc2nc(C)cc(N)n2n1. The van der Waals surface area contributed by atoms with Gasteiger partial charge in [0.2, 0.25) is 0 Å². The third-order valence-electron chi connectivity index (χ3n) is 2.00. The zero-order chi connectivity index (χ0) is 9.42. The fourth-order valence-electron chi connectivity index (χ4n) is 1.35. The first-order valence-corrected chi connectivity index (χ1v) is 4.32. The van der Waals surface area contributed by atoms with Crippen LogP contribution in [0.5, 0.6) is 0 Å². The van der Waals surface area contributed by atoms with E-state index in [0.717, 1.165) is 23.5 Å². The molecule has 13 heavy (non-hydrogen) atoms. The molecule has 2 heterocycles. The summed E-state index contributed by atoms with van der Waals surface area (Å²) in [6, 6.07) is 3.78. The average Bonchev–Trinajstić information content (AvgIpc) is 2.47. The number of rotatable bonds is 1. The number of hydrogen-bond acceptors (Lipinski definition) is 3. The lowest BCUT2D eigenvalue weighted by molar-refractivity contribution is 0.892. The van der Waals surface area contributed by atoms with Crippen LogP contribution in [-0.4, -0.2) is 14.6 Å². The highest BCUT2D eigenvalue weighted by Gasteiger charge is 2.03. The van der Waals surface area contributed by atoms with Crippen molar-refractivity contribution in [3.8, 4) is 0 Å². The summed E-state index contributed by atoms with van der Waals surface area (Å²) in [7, 11) is 0. The van der Waals surface area contributed by atoms with Gasteiger partial charge in [-0.3, -0.25) is 0 Å². The van der Waals surface area contributed by atoms with Crippen LogP contribution in [0.15, 0.2) is 12.1 Å². The average molecular weight is 176 g/mol. The first kappa shape index (κ1) is 8.04. The van der Waals surface area contributed by atoms with Gasteiger partial charge in [-0.2, -0.15) is 9.61 Å². The van der Waals surface area contributed by atoms with E-state index in [1.807, 2.05) is 19.1 Å². The monoisotopic (exact) mass is 176 g/mol. The molecule has 0 saturated heterocycles. The van der Waals surface area contributed by atoms with E-state index in [2.05, 4.69) is 17.0 Å². The second kappa shape index (κ2) is 2.73. The molecule has 0 unspecified atom stereocenters. The van der Waals surface area contributed by atoms with Crippen molar-refractivity contribution in [1.29, 1.82) is 0 Å². The maximum atomic E-state index is 5.79. The van der Waals surface area contributed by atoms with E-state index in [4.69, 9.17) is 5.73 Å². The zero-order valence-corrected chi connectivity index (χ0v) is 7.78. The topological polar surface area (TPSA) is 56.2 Å². The van der Waals surface area contributed by atoms with E-state index >= 15 is 0 Å². The molecule has 68 valence electrons. The first-order valence-electron chi connectivity index (χ1n) is 4.32. The lowest BCUT2D eigenvalue weighted by Gasteiger charge is -1.98. The van der Waals surface area contributed by atoms with Gasteiger partial charge in [-0.25, -0.2) is 4.98 Å². The summed E-state index contributed by atoms with van der Waals surface area (Å²) in [4.78, 5) is 4.33. The zero-order valence-electron chi connectivity index (χ0n) is 7.78. The van der Waals surface area contributed by atoms with Gasteiger partial charge in [0.1, 0.15) is 5.82 Å². The van der Waals surface area contributed by atoms with Crippen LogP contribution in [0.25, 0.3) is 5.65 Å². The van der Waals surface area contributed by atoms with Crippen LogP contribution in [0.1, 0.15) is 18.3 Å². The Kier molecular flexibility index (Phi) is 1.69. The molecule has 2 N–H and O–H groups in total. The molecule has 2 rings (SSSR count). The molecule has 0 spiro atoms. The predicted octanol–water partition coefficient (Wildman–Crippen LogP) is 1.18. The smallest absolute Gasteiger partial charge is 0.157 e. The molecule has 0 fully saturated rings. The molecular formula is C9H12N4. The lowest BCUT2D eigenvalue weighted by atomic mass is 10.3. The molecule has 0 bridgehead atoms. The maximum absolute atomic E-state index is 5.79. The van der Waals surface area contributed by atoms with Crippen molar-refractivity contribution in [3.63, 3.8) is 0 Å². The second-order valence-electron chi connectivity index (χ2n) is 3.08. The molecule has 0 radical (unpaired) electrons. The van der Waals surface area contributed by atoms with Crippen LogP contribution >= 0.6 is 0 Å². The largest absolute Gasteiger partial charge is 0.384 e. The van der Waals surface area contributed by atoms with E-state index in [9.17, 15) is 0 Å². The summed E-state index contributed by atoms with van der Waals surface area (Å²) in [6.07, 6.45) is 0.905. The standard InChI is InChI=1S/C9H12N4/c1-3-7-5-9-11-6(2)4-8(10)13(9)12-7/h4-5H,3,10H2,1-2H3. The van der Waals surface area contributed by atoms with Crippen molar-refractivity contribution in [3.05, 3.63) is 23.5 Å². The summed E-state index contributed by atoms with van der Waals surface area (Å²) in [6.45, 7) is 3.99. The molecule has 2 aromatic heterocycles. The maximum Gasteiger partial charge on any atom is 0.157 e. The van der Waals surface area contributed by atoms with Gasteiger partial charge in [0.15, 0.2) is 5.65 Å². The molecule has 2 aromatic rings. The highest BCUT2D eigenvalue weighted by molar-refractivity contribution is 5.47. The second-order valence-corrected chi connectivity index (χ2v) is 3.08. The van der Waals surface area contributed by atoms with Crippen LogP contribution in [0, 0.1) is 6.92 Å². The number of aryl methyl sites for hydroxylation is 2. The van der Waals surface area contributed by atoms with Crippen LogP contribution in [-0.2, 0) is 6.42 Å². The van der Waals surface area contributed by atoms with Crippen molar-refractivity contribution in [2.24, 2.45) is 0 Å². The Morgan fingerprint density at radius 2 is 2.23 bits per heavy atom. The van der Waals surface area contributed by atoms with E-state index in [1.54, 1.807) is 4.52 Å². The Morgan fingerprint density at radius 1 is 1.46 bits per heavy atom. The number of anilines is 1. The molecule has 0 saturated carbocycles. The van der Waals surface area contributed by atoms with Crippen LogP contribution in [0.2, 0.25) is 0 Å². The molecule has 0 aliphatic rings. The van der Waals surface area contributed by atoms with Crippen LogP contribution in [0.4, 0.5) is 5.82 Å². The summed E-state index contributed by atoms with van der Waals surface area (Å²) < 4.78 is 1.67. The number of nitrogen functional groups attached to an aromatic ring is 1. The fraction of sp³-hybridized carbons (Fsp3) is 0.333. The number of nitrogens with zero attached hydrogens (tertiary/aromatic N) is 3. The molecule has 0 aliphatic carbocycles. The van der Waals surface area contributed by atoms with E-state index in [1.165, 1.54) is 0 Å². The van der Waals surface area contributed by atoms with Gasteiger partial charge >= 0.3 is 0 Å². The van der Waals surface area contributed by atoms with Crippen LogP contribution < -0.4 is 5.73 Å². The van der Waals surface area contributed by atoms with E-state index in [-0.39, 0.29) is 0 Å². The van der Waals surface area contributed by atoms with Crippen molar-refractivity contribution in [1.82, 2.24) is 14.6 Å². The quantitative estimate of drug-likeness (QED) is 0.709. The van der Waals surface area contributed by atoms with Gasteiger partial charge in [0, 0.05) is 17.8 Å². The fourth-order valence-corrected chi connectivity index (χ4v) is 1.35. The Bertz CT molecular complexity index is 444. The molecule has 0 aromatic carbocycles. The first-order chi connectivity index (χ1) is 6.20. The number of nitrogens with two attached hydrogens (primary N) is 1. The minimum Gasteiger partial charge on any atom is -0.384 e. The highest BCUT2D eigenvalue weighted by Crippen LogP contribution is 2.10. The summed E-state index contributed by atoms with van der Waals surface area (Å²) in [5.41, 5.74) is 8.56. The minimum absolute atomic E-state index is 0.641. The van der Waals surface area contributed by atoms with Crippen molar-refractivity contribution in [2.75, 3.05) is 5.73 Å². The molecule has 4 nitrogen and oxygen atoms in total. The van der Waals surface area contributed by atoms with E-state index < -0.39 is 0 Å². The molecule has 0 amide bonds. The number of fused-ring (bicyclic) bond motifs is 1. The predicted molar refractivity (Wildman–Crippen MR) is 51.5 cm³/mol. The van der Waals surface area contributed by atoms with Gasteiger partial charge in [-0.1, -0.05) is 6.92 Å². The number of aromatic nitrogens is 3. The van der Waals surface area contributed by atoms with Gasteiger partial charge < -0.3 is 5.73 Å². The molecule has 0 atom stereocenters. The van der Waals surface area contributed by atoms with Gasteiger partial charge in [0.05, 0.1) is 5.69 Å². The van der Waals surface area contributed by atoms with E-state index in [0.29, 0.717) is 5.82 Å². The summed E-state index contributed by atoms with van der Waals surface area (Å²) in [5, 5.41) is 4.30. The van der Waals surface area contributed by atoms with Gasteiger partial charge in [0.25, 0.3) is 0 Å². The Hall–Kier alpha value is -1.58. The third kappa shape index (κ3) is 1.24. The molecule has 4 heteroatoms. The Morgan fingerprint density at radius 3 is 2.92 bits per heavy atom. The summed E-state index contributed by atoms with van der Waals surface area (Å²) in [5.74, 6) is 0.641. The van der Waals surface area contributed by atoms with Crippen LogP contribution in [0.3, 0.4) is 0 Å². The molecular weight excluding hydrogens is 164 g/mol. The minimum atomic E-state index is 0.641. The van der Waals surface area contributed by atoms with Gasteiger partial charge in [-0.15, -0.1) is 0 Å². The van der Waals surface area contributed by atoms with Crippen molar-refractivity contribution < 1.29 is 0 Å². The van der Waals surface area contributed by atoms with Crippen molar-refractivity contribution in [2.45, 2.75) is 20.3 Å².